The first-order chi connectivity index (χ1) is 12.1. The molecule has 0 bridgehead atoms. The molecule has 1 saturated carbocycles. The average Bonchev–Trinajstić information content (AvgIpc) is 3.22. The van der Waals surface area contributed by atoms with Crippen LogP contribution in [0.15, 0.2) is 57.8 Å². The zero-order valence-corrected chi connectivity index (χ0v) is 13.6. The second-order valence-corrected chi connectivity index (χ2v) is 6.23. The minimum atomic E-state index is -0.436. The largest absolute Gasteiger partial charge is 0.336 e. The van der Waals surface area contributed by atoms with Crippen molar-refractivity contribution in [2.24, 2.45) is 21.1 Å². The molecule has 2 heterocycles. The molecule has 0 aromatic heterocycles. The van der Waals surface area contributed by atoms with E-state index in [4.69, 9.17) is 0 Å². The Kier molecular flexibility index (Phi) is 3.76. The number of nitrogens with one attached hydrogen (secondary N) is 1. The summed E-state index contributed by atoms with van der Waals surface area (Å²) >= 11 is 0. The van der Waals surface area contributed by atoms with Crippen LogP contribution in [0, 0.1) is 5.92 Å². The maximum atomic E-state index is 12.3. The average molecular weight is 335 g/mol. The zero-order chi connectivity index (χ0) is 17.4. The van der Waals surface area contributed by atoms with E-state index >= 15 is 0 Å². The predicted octanol–water partition coefficient (Wildman–Crippen LogP) is 2.91. The number of urea groups is 1. The fraction of sp³-hybridized carbons (Fsp3) is 0.278. The van der Waals surface area contributed by atoms with E-state index in [1.54, 1.807) is 35.2 Å². The first-order valence-corrected chi connectivity index (χ1v) is 8.23. The van der Waals surface area contributed by atoms with Crippen LogP contribution in [-0.2, 0) is 4.79 Å². The molecule has 0 spiro atoms. The van der Waals surface area contributed by atoms with E-state index in [0.29, 0.717) is 30.4 Å². The van der Waals surface area contributed by atoms with E-state index < -0.39 is 5.91 Å². The number of hydrogen-bond donors (Lipinski definition) is 1. The van der Waals surface area contributed by atoms with Crippen molar-refractivity contribution in [3.63, 3.8) is 0 Å². The lowest BCUT2D eigenvalue weighted by Gasteiger charge is -2.14. The van der Waals surface area contributed by atoms with Gasteiger partial charge in [0.2, 0.25) is 0 Å². The van der Waals surface area contributed by atoms with Crippen molar-refractivity contribution in [3.8, 4) is 0 Å². The summed E-state index contributed by atoms with van der Waals surface area (Å²) in [7, 11) is 0. The van der Waals surface area contributed by atoms with E-state index in [9.17, 15) is 9.59 Å². The lowest BCUT2D eigenvalue weighted by Crippen LogP contribution is -2.27. The van der Waals surface area contributed by atoms with Crippen molar-refractivity contribution in [1.29, 1.82) is 0 Å². The number of aliphatic imine (C=N–C) groups is 1. The van der Waals surface area contributed by atoms with Gasteiger partial charge >= 0.3 is 6.03 Å². The molecule has 0 radical (unpaired) electrons. The third-order valence-corrected chi connectivity index (χ3v) is 4.40. The van der Waals surface area contributed by atoms with Crippen molar-refractivity contribution in [2.75, 3.05) is 18.0 Å². The van der Waals surface area contributed by atoms with Gasteiger partial charge in [0.25, 0.3) is 5.91 Å². The molecule has 3 amide bonds. The highest BCUT2D eigenvalue weighted by molar-refractivity contribution is 6.23. The van der Waals surface area contributed by atoms with Gasteiger partial charge in [-0.15, -0.1) is 5.11 Å². The molecule has 3 aliphatic rings. The smallest absolute Gasteiger partial charge is 0.321 e. The van der Waals surface area contributed by atoms with Crippen LogP contribution in [0.25, 0.3) is 5.57 Å². The SMILES string of the molecule is C=C(C(=O)N=C1C=C(C2CC2)N=N1)c1ccc(N2CCNC2=O)cc1. The first kappa shape index (κ1) is 15.4. The van der Waals surface area contributed by atoms with Gasteiger partial charge in [-0.1, -0.05) is 18.7 Å². The van der Waals surface area contributed by atoms with Gasteiger partial charge in [-0.2, -0.15) is 10.1 Å². The molecule has 1 N–H and O–H groups in total. The highest BCUT2D eigenvalue weighted by atomic mass is 16.2. The number of benzene rings is 1. The van der Waals surface area contributed by atoms with Gasteiger partial charge in [-0.25, -0.2) is 4.79 Å². The highest BCUT2D eigenvalue weighted by Crippen LogP contribution is 2.38. The summed E-state index contributed by atoms with van der Waals surface area (Å²) in [5, 5.41) is 10.7. The molecule has 126 valence electrons. The Bertz CT molecular complexity index is 847. The van der Waals surface area contributed by atoms with Crippen LogP contribution in [0.4, 0.5) is 10.5 Å². The van der Waals surface area contributed by atoms with Crippen LogP contribution in [0.3, 0.4) is 0 Å². The summed E-state index contributed by atoms with van der Waals surface area (Å²) in [5.74, 6) is 0.373. The number of rotatable bonds is 4. The Hall–Kier alpha value is -3.09. The third kappa shape index (κ3) is 3.13. The van der Waals surface area contributed by atoms with Gasteiger partial charge in [0, 0.05) is 36.3 Å². The molecule has 0 atom stereocenters. The normalized spacial score (nSPS) is 20.8. The minimum Gasteiger partial charge on any atom is -0.336 e. The number of hydrogen-bond acceptors (Lipinski definition) is 3. The fourth-order valence-corrected chi connectivity index (χ4v) is 2.79. The van der Waals surface area contributed by atoms with Crippen molar-refractivity contribution in [1.82, 2.24) is 5.32 Å². The molecule has 2 aliphatic heterocycles. The summed E-state index contributed by atoms with van der Waals surface area (Å²) in [5.41, 5.74) is 2.64. The molecular formula is C18H17N5O2. The van der Waals surface area contributed by atoms with Gasteiger partial charge < -0.3 is 5.32 Å². The predicted molar refractivity (Wildman–Crippen MR) is 94.3 cm³/mol. The number of nitrogens with zero attached hydrogens (tertiary/aromatic N) is 4. The number of carbonyl (C=O) groups excluding carboxylic acids is 2. The summed E-state index contributed by atoms with van der Waals surface area (Å²) in [6.45, 7) is 5.10. The Balaban J connectivity index is 1.46. The topological polar surface area (TPSA) is 86.5 Å². The van der Waals surface area contributed by atoms with Crippen molar-refractivity contribution < 1.29 is 9.59 Å². The highest BCUT2D eigenvalue weighted by Gasteiger charge is 2.29. The van der Waals surface area contributed by atoms with E-state index in [-0.39, 0.29) is 11.6 Å². The number of amides is 3. The molecule has 1 aromatic carbocycles. The lowest BCUT2D eigenvalue weighted by molar-refractivity contribution is -0.112. The molecule has 1 saturated heterocycles. The van der Waals surface area contributed by atoms with Crippen LogP contribution in [-0.4, -0.2) is 30.9 Å². The van der Waals surface area contributed by atoms with Crippen molar-refractivity contribution >= 4 is 29.0 Å². The molecule has 4 rings (SSSR count). The zero-order valence-electron chi connectivity index (χ0n) is 13.6. The second kappa shape index (κ2) is 6.08. The number of allylic oxidation sites excluding steroid dienone is 1. The van der Waals surface area contributed by atoms with Crippen LogP contribution in [0.1, 0.15) is 18.4 Å². The lowest BCUT2D eigenvalue weighted by atomic mass is 10.1. The van der Waals surface area contributed by atoms with Crippen molar-refractivity contribution in [2.45, 2.75) is 12.8 Å². The quantitative estimate of drug-likeness (QED) is 0.858. The van der Waals surface area contributed by atoms with E-state index in [1.165, 1.54) is 0 Å². The number of carbonyl (C=O) groups is 2. The standard InChI is InChI=1S/C18H17N5O2/c1-11(17(24)20-16-10-15(21-22-16)13-2-3-13)12-4-6-14(7-5-12)23-9-8-19-18(23)25/h4-7,10,13H,1-3,8-9H2,(H,19,25). The molecule has 7 heteroatoms. The summed E-state index contributed by atoms with van der Waals surface area (Å²) in [6.07, 6.45) is 4.01. The molecule has 2 fully saturated rings. The van der Waals surface area contributed by atoms with Gasteiger partial charge in [0.05, 0.1) is 5.70 Å². The second-order valence-electron chi connectivity index (χ2n) is 6.23. The summed E-state index contributed by atoms with van der Waals surface area (Å²) in [6, 6.07) is 7.02. The summed E-state index contributed by atoms with van der Waals surface area (Å²) < 4.78 is 0. The molecule has 0 unspecified atom stereocenters. The van der Waals surface area contributed by atoms with E-state index in [0.717, 1.165) is 24.2 Å². The first-order valence-electron chi connectivity index (χ1n) is 8.23. The van der Waals surface area contributed by atoms with Gasteiger partial charge in [-0.3, -0.25) is 9.69 Å². The third-order valence-electron chi connectivity index (χ3n) is 4.40. The molecule has 1 aliphatic carbocycles. The van der Waals surface area contributed by atoms with Crippen LogP contribution in [0.5, 0.6) is 0 Å². The molecule has 1 aromatic rings. The fourth-order valence-electron chi connectivity index (χ4n) is 2.79. The Labute approximate surface area is 144 Å². The van der Waals surface area contributed by atoms with Crippen LogP contribution < -0.4 is 10.2 Å². The van der Waals surface area contributed by atoms with Gasteiger partial charge in [0.1, 0.15) is 0 Å². The minimum absolute atomic E-state index is 0.112. The van der Waals surface area contributed by atoms with E-state index in [1.807, 2.05) is 0 Å². The van der Waals surface area contributed by atoms with E-state index in [2.05, 4.69) is 27.1 Å². The molecule has 7 nitrogen and oxygen atoms in total. The number of anilines is 1. The molecule has 25 heavy (non-hydrogen) atoms. The summed E-state index contributed by atoms with van der Waals surface area (Å²) in [4.78, 5) is 29.6. The number of azo groups is 1. The Morgan fingerprint density at radius 2 is 2.00 bits per heavy atom. The van der Waals surface area contributed by atoms with Crippen molar-refractivity contribution in [3.05, 3.63) is 48.2 Å². The van der Waals surface area contributed by atoms with Gasteiger partial charge in [0.15, 0.2) is 5.84 Å². The molecular weight excluding hydrogens is 318 g/mol. The van der Waals surface area contributed by atoms with Gasteiger partial charge in [-0.05, 0) is 30.5 Å². The van der Waals surface area contributed by atoms with Crippen LogP contribution >= 0.6 is 0 Å². The maximum Gasteiger partial charge on any atom is 0.321 e. The number of amidine groups is 1. The Morgan fingerprint density at radius 1 is 1.24 bits per heavy atom. The van der Waals surface area contributed by atoms with Crippen LogP contribution in [0.2, 0.25) is 0 Å². The monoisotopic (exact) mass is 335 g/mol. The Morgan fingerprint density at radius 3 is 2.64 bits per heavy atom. The maximum absolute atomic E-state index is 12.3.